The number of carbonyl (C=O) groups excluding carboxylic acids is 1. The fraction of sp³-hybridized carbons (Fsp3) is 0.833. The maximum absolute atomic E-state index is 11.7. The van der Waals surface area contributed by atoms with Crippen molar-refractivity contribution in [1.82, 2.24) is 5.32 Å². The van der Waals surface area contributed by atoms with Gasteiger partial charge in [-0.05, 0) is 19.8 Å². The molecule has 0 aliphatic rings. The lowest BCUT2D eigenvalue weighted by molar-refractivity contribution is -0.125. The highest BCUT2D eigenvalue weighted by atomic mass is 16.1. The summed E-state index contributed by atoms with van der Waals surface area (Å²) in [4.78, 5) is 11.7. The van der Waals surface area contributed by atoms with Crippen molar-refractivity contribution in [2.75, 3.05) is 6.54 Å². The SMILES string of the molecule is CCCC(CCC)C(=O)NCC(C)C#N. The average Bonchev–Trinajstić information content (AvgIpc) is 2.25. The first-order valence-corrected chi connectivity index (χ1v) is 5.82. The molecule has 0 spiro atoms. The second-order valence-electron chi connectivity index (χ2n) is 4.05. The van der Waals surface area contributed by atoms with E-state index >= 15 is 0 Å². The summed E-state index contributed by atoms with van der Waals surface area (Å²) in [6.07, 6.45) is 3.96. The summed E-state index contributed by atoms with van der Waals surface area (Å²) in [5, 5.41) is 11.4. The Hall–Kier alpha value is -1.04. The molecule has 1 atom stereocenters. The molecule has 86 valence electrons. The zero-order valence-corrected chi connectivity index (χ0v) is 10.0. The van der Waals surface area contributed by atoms with Gasteiger partial charge in [0.05, 0.1) is 12.0 Å². The molecule has 0 saturated carbocycles. The average molecular weight is 210 g/mol. The molecule has 0 aromatic carbocycles. The molecular formula is C12H22N2O. The van der Waals surface area contributed by atoms with Crippen molar-refractivity contribution in [3.63, 3.8) is 0 Å². The molecule has 0 fully saturated rings. The first-order chi connectivity index (χ1) is 7.15. The molecule has 0 heterocycles. The van der Waals surface area contributed by atoms with Gasteiger partial charge in [0.1, 0.15) is 0 Å². The predicted octanol–water partition coefficient (Wildman–Crippen LogP) is 2.48. The fourth-order valence-electron chi connectivity index (χ4n) is 1.55. The third-order valence-electron chi connectivity index (χ3n) is 2.45. The molecule has 0 aromatic heterocycles. The number of amides is 1. The van der Waals surface area contributed by atoms with E-state index in [1.54, 1.807) is 0 Å². The van der Waals surface area contributed by atoms with Crippen LogP contribution in [0, 0.1) is 23.2 Å². The number of nitrogens with zero attached hydrogens (tertiary/aromatic N) is 1. The Morgan fingerprint density at radius 2 is 1.87 bits per heavy atom. The summed E-state index contributed by atoms with van der Waals surface area (Å²) >= 11 is 0. The summed E-state index contributed by atoms with van der Waals surface area (Å²) < 4.78 is 0. The fourth-order valence-corrected chi connectivity index (χ4v) is 1.55. The van der Waals surface area contributed by atoms with Gasteiger partial charge in [0, 0.05) is 12.5 Å². The van der Waals surface area contributed by atoms with Crippen LogP contribution in [0.5, 0.6) is 0 Å². The van der Waals surface area contributed by atoms with Crippen LogP contribution >= 0.6 is 0 Å². The van der Waals surface area contributed by atoms with Crippen molar-refractivity contribution in [3.05, 3.63) is 0 Å². The molecule has 1 unspecified atom stereocenters. The van der Waals surface area contributed by atoms with Crippen molar-refractivity contribution < 1.29 is 4.79 Å². The van der Waals surface area contributed by atoms with Crippen LogP contribution in [0.1, 0.15) is 46.5 Å². The van der Waals surface area contributed by atoms with Crippen LogP contribution in [0.25, 0.3) is 0 Å². The Kier molecular flexibility index (Phi) is 7.71. The first kappa shape index (κ1) is 14.0. The van der Waals surface area contributed by atoms with Crippen molar-refractivity contribution in [2.45, 2.75) is 46.5 Å². The minimum atomic E-state index is -0.0992. The van der Waals surface area contributed by atoms with Gasteiger partial charge in [0.25, 0.3) is 0 Å². The third kappa shape index (κ3) is 6.11. The lowest BCUT2D eigenvalue weighted by Gasteiger charge is -2.15. The van der Waals surface area contributed by atoms with E-state index in [1.165, 1.54) is 0 Å². The molecule has 15 heavy (non-hydrogen) atoms. The van der Waals surface area contributed by atoms with Gasteiger partial charge >= 0.3 is 0 Å². The van der Waals surface area contributed by atoms with Crippen LogP contribution in [0.4, 0.5) is 0 Å². The molecule has 0 saturated heterocycles. The lowest BCUT2D eigenvalue weighted by Crippen LogP contribution is -2.33. The lowest BCUT2D eigenvalue weighted by atomic mass is 9.97. The molecule has 0 rings (SSSR count). The molecule has 0 bridgehead atoms. The number of rotatable bonds is 7. The molecule has 0 aliphatic heterocycles. The largest absolute Gasteiger partial charge is 0.355 e. The van der Waals surface area contributed by atoms with Crippen LogP contribution in [-0.4, -0.2) is 12.5 Å². The number of carbonyl (C=O) groups is 1. The van der Waals surface area contributed by atoms with Gasteiger partial charge in [0.2, 0.25) is 5.91 Å². The van der Waals surface area contributed by atoms with E-state index in [0.29, 0.717) is 6.54 Å². The Morgan fingerprint density at radius 1 is 1.33 bits per heavy atom. The van der Waals surface area contributed by atoms with Gasteiger partial charge in [-0.25, -0.2) is 0 Å². The zero-order valence-electron chi connectivity index (χ0n) is 10.0. The van der Waals surface area contributed by atoms with Gasteiger partial charge in [0.15, 0.2) is 0 Å². The van der Waals surface area contributed by atoms with Crippen LogP contribution in [-0.2, 0) is 4.79 Å². The summed E-state index contributed by atoms with van der Waals surface area (Å²) in [6, 6.07) is 2.11. The number of hydrogen-bond donors (Lipinski definition) is 1. The van der Waals surface area contributed by atoms with Crippen molar-refractivity contribution in [2.24, 2.45) is 11.8 Å². The van der Waals surface area contributed by atoms with E-state index < -0.39 is 0 Å². The highest BCUT2D eigenvalue weighted by Crippen LogP contribution is 2.13. The molecule has 1 amide bonds. The highest BCUT2D eigenvalue weighted by Gasteiger charge is 2.16. The maximum Gasteiger partial charge on any atom is 0.223 e. The Balaban J connectivity index is 3.97. The molecule has 3 heteroatoms. The van der Waals surface area contributed by atoms with Gasteiger partial charge in [-0.3, -0.25) is 4.79 Å². The monoisotopic (exact) mass is 210 g/mol. The van der Waals surface area contributed by atoms with E-state index in [9.17, 15) is 4.79 Å². The number of nitrogens with one attached hydrogen (secondary N) is 1. The number of nitriles is 1. The van der Waals surface area contributed by atoms with Crippen molar-refractivity contribution >= 4 is 5.91 Å². The second-order valence-corrected chi connectivity index (χ2v) is 4.05. The van der Waals surface area contributed by atoms with Gasteiger partial charge in [-0.1, -0.05) is 26.7 Å². The van der Waals surface area contributed by atoms with Crippen LogP contribution in [0.15, 0.2) is 0 Å². The van der Waals surface area contributed by atoms with E-state index in [4.69, 9.17) is 5.26 Å². The van der Waals surface area contributed by atoms with Crippen LogP contribution in [0.3, 0.4) is 0 Å². The normalized spacial score (nSPS) is 12.2. The molecule has 0 aromatic rings. The topological polar surface area (TPSA) is 52.9 Å². The van der Waals surface area contributed by atoms with E-state index in [0.717, 1.165) is 25.7 Å². The van der Waals surface area contributed by atoms with Crippen molar-refractivity contribution in [3.8, 4) is 6.07 Å². The third-order valence-corrected chi connectivity index (χ3v) is 2.45. The summed E-state index contributed by atoms with van der Waals surface area (Å²) in [5.74, 6) is 0.143. The molecule has 0 radical (unpaired) electrons. The molecule has 0 aliphatic carbocycles. The highest BCUT2D eigenvalue weighted by molar-refractivity contribution is 5.78. The second kappa shape index (κ2) is 8.28. The van der Waals surface area contributed by atoms with E-state index in [2.05, 4.69) is 25.2 Å². The maximum atomic E-state index is 11.7. The standard InChI is InChI=1S/C12H22N2O/c1-4-6-11(7-5-2)12(15)14-9-10(3)8-13/h10-11H,4-7,9H2,1-3H3,(H,14,15). The molecular weight excluding hydrogens is 188 g/mol. The summed E-state index contributed by atoms with van der Waals surface area (Å²) in [6.45, 7) is 6.47. The Labute approximate surface area is 92.9 Å². The first-order valence-electron chi connectivity index (χ1n) is 5.82. The van der Waals surface area contributed by atoms with Crippen LogP contribution < -0.4 is 5.32 Å². The van der Waals surface area contributed by atoms with E-state index in [1.807, 2.05) is 6.92 Å². The summed E-state index contributed by atoms with van der Waals surface area (Å²) in [7, 11) is 0. The Morgan fingerprint density at radius 3 is 2.27 bits per heavy atom. The van der Waals surface area contributed by atoms with Crippen molar-refractivity contribution in [1.29, 1.82) is 5.26 Å². The summed E-state index contributed by atoms with van der Waals surface area (Å²) in [5.41, 5.74) is 0. The minimum absolute atomic E-state index is 0.0992. The van der Waals surface area contributed by atoms with Gasteiger partial charge in [-0.2, -0.15) is 5.26 Å². The molecule has 1 N–H and O–H groups in total. The quantitative estimate of drug-likeness (QED) is 0.701. The smallest absolute Gasteiger partial charge is 0.223 e. The van der Waals surface area contributed by atoms with Crippen LogP contribution in [0.2, 0.25) is 0 Å². The molecule has 3 nitrogen and oxygen atoms in total. The van der Waals surface area contributed by atoms with E-state index in [-0.39, 0.29) is 17.7 Å². The minimum Gasteiger partial charge on any atom is -0.355 e. The predicted molar refractivity (Wildman–Crippen MR) is 61.1 cm³/mol. The number of hydrogen-bond acceptors (Lipinski definition) is 2. The van der Waals surface area contributed by atoms with Gasteiger partial charge in [-0.15, -0.1) is 0 Å². The van der Waals surface area contributed by atoms with Gasteiger partial charge < -0.3 is 5.32 Å². The zero-order chi connectivity index (χ0) is 11.7. The Bertz CT molecular complexity index is 214.